The summed E-state index contributed by atoms with van der Waals surface area (Å²) in [6.07, 6.45) is 6.09. The molecule has 10 rings (SSSR count). The number of methoxy groups -OCH3 is 2. The number of hydrogen-bond donors (Lipinski definition) is 4. The Morgan fingerprint density at radius 2 is 1.32 bits per heavy atom. The van der Waals surface area contributed by atoms with Crippen molar-refractivity contribution < 1.29 is 37.8 Å². The maximum Gasteiger partial charge on any atom is 0.407 e. The molecule has 368 valence electrons. The molecule has 17 nitrogen and oxygen atoms in total. The number of halogens is 1. The third-order valence-corrected chi connectivity index (χ3v) is 14.8. The first-order valence-electron chi connectivity index (χ1n) is 23.9. The lowest BCUT2D eigenvalue weighted by Gasteiger charge is -2.30. The van der Waals surface area contributed by atoms with Crippen molar-refractivity contribution in [2.75, 3.05) is 27.3 Å². The number of amides is 4. The van der Waals surface area contributed by atoms with Gasteiger partial charge in [-0.05, 0) is 67.9 Å². The Bertz CT molecular complexity index is 3140. The zero-order valence-electron chi connectivity index (χ0n) is 40.2. The molecule has 2 fully saturated rings. The molecule has 71 heavy (non-hydrogen) atoms. The number of fused-ring (bicyclic) bond motifs is 5. The van der Waals surface area contributed by atoms with Crippen LogP contribution in [0.25, 0.3) is 55.2 Å². The number of H-pyrrole nitrogens is 2. The van der Waals surface area contributed by atoms with E-state index in [4.69, 9.17) is 29.2 Å². The fraction of sp³-hybridized carbons (Fsp3) is 0.365. The summed E-state index contributed by atoms with van der Waals surface area (Å²) >= 11 is 1.50. The second kappa shape index (κ2) is 19.3. The first-order chi connectivity index (χ1) is 34.3. The van der Waals surface area contributed by atoms with Crippen LogP contribution in [0.1, 0.15) is 88.2 Å². The first-order valence-corrected chi connectivity index (χ1v) is 24.7. The maximum atomic E-state index is 17.0. The minimum Gasteiger partial charge on any atom is -0.464 e. The summed E-state index contributed by atoms with van der Waals surface area (Å²) in [5.74, 6) is 0.291. The predicted molar refractivity (Wildman–Crippen MR) is 265 cm³/mol. The quantitative estimate of drug-likeness (QED) is 0.0914. The van der Waals surface area contributed by atoms with Gasteiger partial charge in [-0.3, -0.25) is 14.2 Å². The van der Waals surface area contributed by atoms with Crippen LogP contribution < -0.4 is 15.4 Å². The lowest BCUT2D eigenvalue weighted by molar-refractivity contribution is -0.136. The molecule has 0 saturated carbocycles. The number of aromatic nitrogens is 6. The van der Waals surface area contributed by atoms with Crippen LogP contribution >= 0.6 is 11.3 Å². The molecule has 4 amide bonds. The van der Waals surface area contributed by atoms with E-state index in [1.54, 1.807) is 22.2 Å². The summed E-state index contributed by atoms with van der Waals surface area (Å²) in [4.78, 5) is 77.5. The predicted octanol–water partition coefficient (Wildman–Crippen LogP) is 9.38. The summed E-state index contributed by atoms with van der Waals surface area (Å²) in [5.41, 5.74) is 5.37. The smallest absolute Gasteiger partial charge is 0.407 e. The van der Waals surface area contributed by atoms with E-state index < -0.39 is 36.3 Å². The van der Waals surface area contributed by atoms with Gasteiger partial charge in [0.25, 0.3) is 0 Å². The molecule has 19 heteroatoms. The minimum absolute atomic E-state index is 0.161. The summed E-state index contributed by atoms with van der Waals surface area (Å²) in [7, 11) is 2.54. The number of ether oxygens (including phenoxy) is 3. The van der Waals surface area contributed by atoms with Gasteiger partial charge in [0.1, 0.15) is 40.3 Å². The second-order valence-electron chi connectivity index (χ2n) is 18.9. The number of hydrogen-bond acceptors (Lipinski definition) is 11. The number of nitrogens with zero attached hydrogens (tertiary/aromatic N) is 6. The van der Waals surface area contributed by atoms with Gasteiger partial charge in [0, 0.05) is 41.4 Å². The highest BCUT2D eigenvalue weighted by Gasteiger charge is 2.40. The average molecular weight is 983 g/mol. The van der Waals surface area contributed by atoms with Crippen molar-refractivity contribution >= 4 is 46.2 Å². The normalized spacial score (nSPS) is 18.3. The van der Waals surface area contributed by atoms with Crippen LogP contribution in [0, 0.1) is 17.7 Å². The number of nitrogens with one attached hydrogen (secondary N) is 4. The van der Waals surface area contributed by atoms with Gasteiger partial charge in [0.2, 0.25) is 18.0 Å². The Kier molecular flexibility index (Phi) is 12.8. The number of alkyl carbamates (subject to hydrolysis) is 2. The molecule has 0 bridgehead atoms. The number of thiazole rings is 1. The van der Waals surface area contributed by atoms with Crippen LogP contribution in [0.3, 0.4) is 0 Å². The number of carbonyl (C=O) groups excluding carboxylic acids is 4. The van der Waals surface area contributed by atoms with E-state index in [9.17, 15) is 19.2 Å². The monoisotopic (exact) mass is 982 g/mol. The highest BCUT2D eigenvalue weighted by molar-refractivity contribution is 7.15. The molecule has 0 aliphatic carbocycles. The Balaban J connectivity index is 0.983. The molecule has 4 aromatic heterocycles. The first kappa shape index (κ1) is 47.2. The topological polar surface area (TPSA) is 202 Å². The molecule has 4 N–H and O–H groups in total. The van der Waals surface area contributed by atoms with Crippen LogP contribution in [0.4, 0.5) is 14.0 Å². The van der Waals surface area contributed by atoms with Crippen molar-refractivity contribution in [2.24, 2.45) is 11.8 Å². The van der Waals surface area contributed by atoms with Crippen LogP contribution in [0.2, 0.25) is 0 Å². The van der Waals surface area contributed by atoms with Gasteiger partial charge in [-0.2, -0.15) is 0 Å². The van der Waals surface area contributed by atoms with Crippen LogP contribution in [-0.4, -0.2) is 103 Å². The van der Waals surface area contributed by atoms with Crippen LogP contribution in [0.5, 0.6) is 5.75 Å². The van der Waals surface area contributed by atoms with Crippen molar-refractivity contribution in [1.82, 2.24) is 49.9 Å². The molecule has 5 atom stereocenters. The number of rotatable bonds is 12. The van der Waals surface area contributed by atoms with Gasteiger partial charge in [0.05, 0.1) is 71.7 Å². The SMILES string of the molecule is COC(=O)N[C@H](C(=O)N1CCC[C@H]1c1ncc(-c2cc(F)c3c(c2)OC(c2cnc(-c4ccccc4)s2)n2c-3cc3cc(-c4cnc([C@@H]5CCCN5C(=O)[C@@H](NC(=O)OC)C(C)C)[nH]4)ccc32)[nH]1)C(C)C. The van der Waals surface area contributed by atoms with E-state index >= 15 is 4.39 Å². The third kappa shape index (κ3) is 8.87. The Morgan fingerprint density at radius 3 is 1.90 bits per heavy atom. The third-order valence-electron chi connectivity index (χ3n) is 13.7. The molecule has 2 saturated heterocycles. The number of aromatic amines is 2. The summed E-state index contributed by atoms with van der Waals surface area (Å²) in [6, 6.07) is 19.0. The summed E-state index contributed by atoms with van der Waals surface area (Å²) in [5, 5.41) is 7.05. The highest BCUT2D eigenvalue weighted by atomic mass is 32.1. The van der Waals surface area contributed by atoms with E-state index in [1.165, 1.54) is 31.6 Å². The Labute approximate surface area is 413 Å². The maximum absolute atomic E-state index is 17.0. The van der Waals surface area contributed by atoms with Crippen molar-refractivity contribution in [3.8, 4) is 50.1 Å². The molecule has 1 unspecified atom stereocenters. The summed E-state index contributed by atoms with van der Waals surface area (Å²) in [6.45, 7) is 8.53. The van der Waals surface area contributed by atoms with E-state index in [1.807, 2.05) is 99.1 Å². The van der Waals surface area contributed by atoms with E-state index in [0.717, 1.165) is 50.5 Å². The molecule has 3 aromatic carbocycles. The number of likely N-dealkylation sites (tertiary alicyclic amines) is 2. The van der Waals surface area contributed by atoms with Gasteiger partial charge in [-0.15, -0.1) is 11.3 Å². The van der Waals surface area contributed by atoms with Gasteiger partial charge < -0.3 is 44.6 Å². The molecule has 0 spiro atoms. The van der Waals surface area contributed by atoms with Crippen molar-refractivity contribution in [3.05, 3.63) is 108 Å². The van der Waals surface area contributed by atoms with Crippen molar-refractivity contribution in [2.45, 2.75) is 83.8 Å². The van der Waals surface area contributed by atoms with Gasteiger partial charge in [0.15, 0.2) is 0 Å². The standard InChI is InChI=1S/C52H55FN10O7S/c1-27(2)43(59-51(66)68-5)48(64)61-18-10-14-37(61)45-54-24-34(57-45)30-16-17-36-32(20-30)22-39-42-33(53)21-31(23-40(42)70-50(63(36)39)41-26-56-47(71-41)29-12-8-7-9-13-29)35-25-55-46(58-35)38-15-11-19-62(38)49(65)44(28(3)4)60-52(67)69-6/h7-9,12-13,16-17,20-28,37-38,43-44,50H,10-11,14-15,18-19H2,1-6H3,(H,54,57)(H,55,58)(H,59,66)(H,60,67)/t37-,38-,43-,44-,50?/m0/s1. The lowest BCUT2D eigenvalue weighted by Crippen LogP contribution is -2.51. The zero-order chi connectivity index (χ0) is 49.7. The van der Waals surface area contributed by atoms with Crippen LogP contribution in [0.15, 0.2) is 85.3 Å². The van der Waals surface area contributed by atoms with E-state index in [2.05, 4.69) is 20.6 Å². The van der Waals surface area contributed by atoms with Crippen LogP contribution in [-0.2, 0) is 19.1 Å². The van der Waals surface area contributed by atoms with E-state index in [0.29, 0.717) is 65.8 Å². The number of imidazole rings is 2. The largest absolute Gasteiger partial charge is 0.464 e. The molecular formula is C52H55FN10O7S. The molecule has 7 heterocycles. The lowest BCUT2D eigenvalue weighted by atomic mass is 10.0. The number of benzene rings is 3. The Morgan fingerprint density at radius 1 is 0.732 bits per heavy atom. The average Bonchev–Trinajstić information content (AvgIpc) is 4.24. The second-order valence-corrected chi connectivity index (χ2v) is 19.9. The highest BCUT2D eigenvalue weighted by Crippen LogP contribution is 2.49. The zero-order valence-corrected chi connectivity index (χ0v) is 41.0. The van der Waals surface area contributed by atoms with Gasteiger partial charge in [-0.25, -0.2) is 28.9 Å². The van der Waals surface area contributed by atoms with Gasteiger partial charge in [-0.1, -0.05) is 64.1 Å². The number of carbonyl (C=O) groups is 4. The molecule has 3 aliphatic heterocycles. The molecular weight excluding hydrogens is 928 g/mol. The van der Waals surface area contributed by atoms with Gasteiger partial charge >= 0.3 is 12.2 Å². The minimum atomic E-state index is -0.783. The molecule has 3 aliphatic rings. The molecule has 0 radical (unpaired) electrons. The van der Waals surface area contributed by atoms with Crippen molar-refractivity contribution in [3.63, 3.8) is 0 Å². The fourth-order valence-corrected chi connectivity index (χ4v) is 11.0. The summed E-state index contributed by atoms with van der Waals surface area (Å²) < 4.78 is 35.5. The molecule has 7 aromatic rings. The van der Waals surface area contributed by atoms with E-state index in [-0.39, 0.29) is 35.7 Å². The fourth-order valence-electron chi connectivity index (χ4n) is 10.1. The van der Waals surface area contributed by atoms with Crippen molar-refractivity contribution in [1.29, 1.82) is 0 Å². The Hall–Kier alpha value is -7.54.